The fourth-order valence-corrected chi connectivity index (χ4v) is 8.76. The number of carbonyl (C=O) groups excluding carboxylic acids is 3. The van der Waals surface area contributed by atoms with Gasteiger partial charge in [-0.05, 0) is 55.8 Å². The van der Waals surface area contributed by atoms with Gasteiger partial charge in [-0.25, -0.2) is 9.29 Å². The van der Waals surface area contributed by atoms with Gasteiger partial charge in [-0.2, -0.15) is 0 Å². The third-order valence-corrected chi connectivity index (χ3v) is 10.8. The van der Waals surface area contributed by atoms with Crippen molar-refractivity contribution < 1.29 is 23.5 Å². The van der Waals surface area contributed by atoms with E-state index in [1.807, 2.05) is 24.3 Å². The summed E-state index contributed by atoms with van der Waals surface area (Å²) in [7, 11) is 0. The smallest absolute Gasteiger partial charge is 0.308 e. The molecule has 3 atom stereocenters. The Balaban J connectivity index is 1.43. The molecular weight excluding hydrogens is 579 g/mol. The first-order valence-electron chi connectivity index (χ1n) is 14.1. The van der Waals surface area contributed by atoms with Crippen LogP contribution in [0, 0.1) is 11.7 Å². The van der Waals surface area contributed by atoms with Gasteiger partial charge in [0.1, 0.15) is 17.6 Å². The van der Waals surface area contributed by atoms with Crippen molar-refractivity contribution in [3.8, 4) is 0 Å². The number of benzene rings is 2. The van der Waals surface area contributed by atoms with Gasteiger partial charge in [0.15, 0.2) is 0 Å². The van der Waals surface area contributed by atoms with E-state index in [0.717, 1.165) is 40.6 Å². The number of fused-ring (bicyclic) bond motifs is 2. The lowest BCUT2D eigenvalue weighted by Gasteiger charge is -2.31. The maximum absolute atomic E-state index is 14.0. The number of anilines is 2. The molecule has 0 spiro atoms. The van der Waals surface area contributed by atoms with Crippen molar-refractivity contribution in [2.24, 2.45) is 5.92 Å². The summed E-state index contributed by atoms with van der Waals surface area (Å²) in [5.74, 6) is -2.78. The van der Waals surface area contributed by atoms with Gasteiger partial charge in [-0.3, -0.25) is 23.7 Å². The molecule has 3 aliphatic heterocycles. The summed E-state index contributed by atoms with van der Waals surface area (Å²) in [5.41, 5.74) is 2.16. The first-order valence-corrected chi connectivity index (χ1v) is 15.8. The van der Waals surface area contributed by atoms with Crippen LogP contribution < -0.4 is 14.7 Å². The van der Waals surface area contributed by atoms with Crippen LogP contribution in [0.2, 0.25) is 0 Å². The van der Waals surface area contributed by atoms with Crippen molar-refractivity contribution in [1.29, 1.82) is 0 Å². The molecule has 220 valence electrons. The van der Waals surface area contributed by atoms with Crippen LogP contribution in [0.5, 0.6) is 0 Å². The monoisotopic (exact) mass is 610 g/mol. The molecule has 0 bridgehead atoms. The second-order valence-electron chi connectivity index (χ2n) is 10.4. The summed E-state index contributed by atoms with van der Waals surface area (Å²) in [6.07, 6.45) is 0. The van der Waals surface area contributed by atoms with E-state index in [9.17, 15) is 23.6 Å². The molecule has 1 aromatic heterocycles. The Kier molecular flexibility index (Phi) is 7.95. The van der Waals surface area contributed by atoms with E-state index >= 15 is 0 Å². The van der Waals surface area contributed by atoms with Crippen LogP contribution in [0.25, 0.3) is 0 Å². The van der Waals surface area contributed by atoms with Crippen LogP contribution in [-0.4, -0.2) is 71.8 Å². The predicted octanol–water partition coefficient (Wildman–Crippen LogP) is 3.55. The SMILES string of the molecule is CCN(CC)c1ccc([C@H]2c3sc(=O)n(CC(=O)N4CCOCC4)c3SC3C(=O)N(c4ccc(F)cc4)C(=O)C32)cc1. The molecular formula is C30H31FN4O5S2. The number of nitrogens with zero attached hydrogens (tertiary/aromatic N) is 4. The summed E-state index contributed by atoms with van der Waals surface area (Å²) < 4.78 is 20.5. The second-order valence-corrected chi connectivity index (χ2v) is 12.5. The van der Waals surface area contributed by atoms with Gasteiger partial charge in [-0.15, -0.1) is 0 Å². The van der Waals surface area contributed by atoms with Gasteiger partial charge < -0.3 is 14.5 Å². The summed E-state index contributed by atoms with van der Waals surface area (Å²) in [6.45, 7) is 7.50. The number of hydrogen-bond donors (Lipinski definition) is 0. The minimum Gasteiger partial charge on any atom is -0.378 e. The Hall–Kier alpha value is -3.48. The lowest BCUT2D eigenvalue weighted by atomic mass is 9.83. The van der Waals surface area contributed by atoms with Crippen molar-refractivity contribution >= 4 is 52.2 Å². The topological polar surface area (TPSA) is 92.2 Å². The highest BCUT2D eigenvalue weighted by Crippen LogP contribution is 2.54. The fraction of sp³-hybridized carbons (Fsp3) is 0.400. The first-order chi connectivity index (χ1) is 20.3. The minimum atomic E-state index is -0.804. The lowest BCUT2D eigenvalue weighted by Crippen LogP contribution is -2.43. The Morgan fingerprint density at radius 1 is 0.976 bits per heavy atom. The van der Waals surface area contributed by atoms with E-state index in [0.29, 0.717) is 41.9 Å². The van der Waals surface area contributed by atoms with E-state index in [4.69, 9.17) is 4.74 Å². The van der Waals surface area contributed by atoms with Crippen molar-refractivity contribution in [2.75, 3.05) is 49.2 Å². The lowest BCUT2D eigenvalue weighted by molar-refractivity contribution is -0.136. The molecule has 0 aliphatic carbocycles. The van der Waals surface area contributed by atoms with E-state index in [2.05, 4.69) is 18.7 Å². The third kappa shape index (κ3) is 4.95. The second kappa shape index (κ2) is 11.7. The van der Waals surface area contributed by atoms with Gasteiger partial charge in [0, 0.05) is 42.7 Å². The molecule has 2 unspecified atom stereocenters. The van der Waals surface area contributed by atoms with Crippen molar-refractivity contribution in [3.63, 3.8) is 0 Å². The van der Waals surface area contributed by atoms with Crippen molar-refractivity contribution in [1.82, 2.24) is 9.47 Å². The molecule has 3 aliphatic rings. The predicted molar refractivity (Wildman–Crippen MR) is 160 cm³/mol. The number of morpholine rings is 1. The van der Waals surface area contributed by atoms with E-state index in [1.165, 1.54) is 40.6 Å². The number of hydrogen-bond acceptors (Lipinski definition) is 8. The number of carbonyl (C=O) groups is 3. The number of rotatable bonds is 7. The Morgan fingerprint density at radius 3 is 2.29 bits per heavy atom. The van der Waals surface area contributed by atoms with Gasteiger partial charge in [0.05, 0.1) is 29.8 Å². The normalized spacial score (nSPS) is 21.8. The number of ether oxygens (including phenoxy) is 1. The van der Waals surface area contributed by atoms with Crippen LogP contribution >= 0.6 is 23.1 Å². The molecule has 9 nitrogen and oxygen atoms in total. The van der Waals surface area contributed by atoms with Gasteiger partial charge in [0.25, 0.3) is 0 Å². The number of imide groups is 1. The molecule has 2 saturated heterocycles. The highest BCUT2D eigenvalue weighted by Gasteiger charge is 2.56. The number of thiazole rings is 1. The van der Waals surface area contributed by atoms with Gasteiger partial charge in [0.2, 0.25) is 17.7 Å². The Morgan fingerprint density at radius 2 is 1.64 bits per heavy atom. The highest BCUT2D eigenvalue weighted by atomic mass is 32.2. The molecule has 12 heteroatoms. The summed E-state index contributed by atoms with van der Waals surface area (Å²) in [4.78, 5) is 59.8. The van der Waals surface area contributed by atoms with E-state index in [-0.39, 0.29) is 23.2 Å². The minimum absolute atomic E-state index is 0.146. The Bertz CT molecular complexity index is 1560. The third-order valence-electron chi connectivity index (χ3n) is 8.17. The number of aromatic nitrogens is 1. The number of amides is 3. The average Bonchev–Trinajstić information content (AvgIpc) is 3.45. The molecule has 0 saturated carbocycles. The molecule has 4 heterocycles. The van der Waals surface area contributed by atoms with Gasteiger partial charge in [-0.1, -0.05) is 35.2 Å². The van der Waals surface area contributed by atoms with Crippen molar-refractivity contribution in [2.45, 2.75) is 36.6 Å². The average molecular weight is 611 g/mol. The zero-order valence-electron chi connectivity index (χ0n) is 23.3. The zero-order chi connectivity index (χ0) is 29.5. The van der Waals surface area contributed by atoms with Crippen LogP contribution in [0.15, 0.2) is 58.4 Å². The standard InChI is InChI=1S/C30H31FN4O5S2/c1-3-32(4-2)20-9-5-18(6-10-20)23-24-25(28(38)35(27(24)37)21-11-7-19(31)8-12-21)41-29-26(23)42-30(39)34(29)17-22(36)33-13-15-40-16-14-33/h5-12,23-25H,3-4,13-17H2,1-2H3/t23-,24?,25?/m1/s1. The van der Waals surface area contributed by atoms with Crippen LogP contribution in [0.4, 0.5) is 15.8 Å². The molecule has 3 amide bonds. The number of halogens is 1. The molecule has 0 N–H and O–H groups in total. The van der Waals surface area contributed by atoms with E-state index in [1.54, 1.807) is 4.90 Å². The van der Waals surface area contributed by atoms with E-state index < -0.39 is 28.8 Å². The maximum atomic E-state index is 14.0. The summed E-state index contributed by atoms with van der Waals surface area (Å²) in [6, 6.07) is 13.2. The summed E-state index contributed by atoms with van der Waals surface area (Å²) in [5, 5.41) is -0.256. The molecule has 2 aromatic carbocycles. The maximum Gasteiger partial charge on any atom is 0.308 e. The molecule has 3 aromatic rings. The zero-order valence-corrected chi connectivity index (χ0v) is 25.0. The molecule has 0 radical (unpaired) electrons. The highest BCUT2D eigenvalue weighted by molar-refractivity contribution is 8.00. The Labute approximate surface area is 250 Å². The first kappa shape index (κ1) is 28.6. The van der Waals surface area contributed by atoms with Crippen LogP contribution in [-0.2, 0) is 25.7 Å². The molecule has 6 rings (SSSR count). The largest absolute Gasteiger partial charge is 0.378 e. The molecule has 42 heavy (non-hydrogen) atoms. The molecule has 2 fully saturated rings. The van der Waals surface area contributed by atoms with Crippen LogP contribution in [0.1, 0.15) is 30.2 Å². The van der Waals surface area contributed by atoms with Crippen molar-refractivity contribution in [3.05, 3.63) is 74.5 Å². The quantitative estimate of drug-likeness (QED) is 0.378. The van der Waals surface area contributed by atoms with Gasteiger partial charge >= 0.3 is 4.87 Å². The summed E-state index contributed by atoms with van der Waals surface area (Å²) >= 11 is 2.20. The van der Waals surface area contributed by atoms with Crippen LogP contribution in [0.3, 0.4) is 0 Å². The fourth-order valence-electron chi connectivity index (χ4n) is 5.99. The number of thioether (sulfide) groups is 1.